The van der Waals surface area contributed by atoms with Gasteiger partial charge in [-0.15, -0.1) is 0 Å². The molecule has 0 spiro atoms. The number of benzene rings is 3. The fourth-order valence-corrected chi connectivity index (χ4v) is 4.80. The maximum absolute atomic E-state index is 13.1. The molecule has 2 aromatic heterocycles. The van der Waals surface area contributed by atoms with E-state index in [1.807, 2.05) is 71.6 Å². The highest BCUT2D eigenvalue weighted by molar-refractivity contribution is 6.30. The fourth-order valence-electron chi connectivity index (χ4n) is 4.62. The van der Waals surface area contributed by atoms with Crippen molar-refractivity contribution in [1.29, 1.82) is 0 Å². The van der Waals surface area contributed by atoms with E-state index in [4.69, 9.17) is 11.6 Å². The van der Waals surface area contributed by atoms with E-state index in [0.717, 1.165) is 33.7 Å². The molecule has 0 bridgehead atoms. The van der Waals surface area contributed by atoms with Crippen molar-refractivity contribution in [2.75, 3.05) is 31.1 Å². The van der Waals surface area contributed by atoms with E-state index in [0.29, 0.717) is 36.8 Å². The first-order chi connectivity index (χ1) is 17.7. The van der Waals surface area contributed by atoms with Gasteiger partial charge in [0.1, 0.15) is 12.1 Å². The van der Waals surface area contributed by atoms with Crippen molar-refractivity contribution >= 4 is 34.4 Å². The van der Waals surface area contributed by atoms with Crippen LogP contribution in [-0.2, 0) is 0 Å². The first kappa shape index (κ1) is 22.2. The van der Waals surface area contributed by atoms with Gasteiger partial charge >= 0.3 is 0 Å². The highest BCUT2D eigenvalue weighted by Gasteiger charge is 2.25. The maximum atomic E-state index is 13.1. The monoisotopic (exact) mass is 494 g/mol. The van der Waals surface area contributed by atoms with Crippen molar-refractivity contribution in [2.24, 2.45) is 0 Å². The molecular formula is C28H23ClN6O. The SMILES string of the molecule is O=C(c1ccc(-c2ccccc2)cc1)N1CCN(c2ncnc3c2cnn3-c2cccc(Cl)c2)CC1. The summed E-state index contributed by atoms with van der Waals surface area (Å²) in [5.41, 5.74) is 4.51. The zero-order chi connectivity index (χ0) is 24.5. The third kappa shape index (κ3) is 4.18. The van der Waals surface area contributed by atoms with Gasteiger partial charge in [0.05, 0.1) is 17.3 Å². The normalized spacial score (nSPS) is 13.8. The molecule has 1 fully saturated rings. The molecule has 0 unspecified atom stereocenters. The predicted octanol–water partition coefficient (Wildman–Crippen LogP) is 5.10. The number of halogens is 1. The molecule has 3 aromatic carbocycles. The summed E-state index contributed by atoms with van der Waals surface area (Å²) >= 11 is 6.17. The Labute approximate surface area is 213 Å². The highest BCUT2D eigenvalue weighted by Crippen LogP contribution is 2.27. The second-order valence-electron chi connectivity index (χ2n) is 8.69. The second kappa shape index (κ2) is 9.43. The third-order valence-electron chi connectivity index (χ3n) is 6.50. The molecule has 0 saturated carbocycles. The summed E-state index contributed by atoms with van der Waals surface area (Å²) in [6.07, 6.45) is 3.35. The molecule has 8 heteroatoms. The molecule has 7 nitrogen and oxygen atoms in total. The zero-order valence-electron chi connectivity index (χ0n) is 19.5. The van der Waals surface area contributed by atoms with Crippen molar-refractivity contribution in [3.8, 4) is 16.8 Å². The second-order valence-corrected chi connectivity index (χ2v) is 9.13. The van der Waals surface area contributed by atoms with Crippen molar-refractivity contribution in [2.45, 2.75) is 0 Å². The first-order valence-corrected chi connectivity index (χ1v) is 12.2. The van der Waals surface area contributed by atoms with Crippen LogP contribution in [0.3, 0.4) is 0 Å². The molecule has 0 N–H and O–H groups in total. The van der Waals surface area contributed by atoms with Gasteiger partial charge in [-0.1, -0.05) is 60.1 Å². The lowest BCUT2D eigenvalue weighted by molar-refractivity contribution is 0.0746. The fraction of sp³-hybridized carbons (Fsp3) is 0.143. The van der Waals surface area contributed by atoms with Crippen LogP contribution in [-0.4, -0.2) is 56.7 Å². The number of hydrogen-bond acceptors (Lipinski definition) is 5. The van der Waals surface area contributed by atoms with Crippen LogP contribution < -0.4 is 4.90 Å². The molecule has 36 heavy (non-hydrogen) atoms. The summed E-state index contributed by atoms with van der Waals surface area (Å²) in [4.78, 5) is 26.3. The molecule has 1 amide bonds. The highest BCUT2D eigenvalue weighted by atomic mass is 35.5. The molecular weight excluding hydrogens is 472 g/mol. The Morgan fingerprint density at radius 1 is 0.806 bits per heavy atom. The average molecular weight is 495 g/mol. The summed E-state index contributed by atoms with van der Waals surface area (Å²) < 4.78 is 1.77. The van der Waals surface area contributed by atoms with Crippen LogP contribution in [0.15, 0.2) is 91.4 Å². The summed E-state index contributed by atoms with van der Waals surface area (Å²) in [6, 6.07) is 25.5. The lowest BCUT2D eigenvalue weighted by Crippen LogP contribution is -2.49. The summed E-state index contributed by atoms with van der Waals surface area (Å²) in [5, 5.41) is 6.05. The van der Waals surface area contributed by atoms with E-state index in [1.54, 1.807) is 17.2 Å². The Balaban J connectivity index is 1.17. The minimum Gasteiger partial charge on any atom is -0.352 e. The summed E-state index contributed by atoms with van der Waals surface area (Å²) in [7, 11) is 0. The van der Waals surface area contributed by atoms with Crippen LogP contribution in [0.5, 0.6) is 0 Å². The van der Waals surface area contributed by atoms with E-state index < -0.39 is 0 Å². The van der Waals surface area contributed by atoms with Crippen LogP contribution in [0.1, 0.15) is 10.4 Å². The van der Waals surface area contributed by atoms with Gasteiger partial charge in [-0.25, -0.2) is 14.6 Å². The molecule has 1 aliphatic heterocycles. The van der Waals surface area contributed by atoms with Crippen LogP contribution >= 0.6 is 11.6 Å². The number of rotatable bonds is 4. The first-order valence-electron chi connectivity index (χ1n) is 11.8. The van der Waals surface area contributed by atoms with Crippen molar-refractivity contribution in [3.63, 3.8) is 0 Å². The van der Waals surface area contributed by atoms with Gasteiger partial charge in [0.15, 0.2) is 5.65 Å². The smallest absolute Gasteiger partial charge is 0.253 e. The number of nitrogens with zero attached hydrogens (tertiary/aromatic N) is 6. The average Bonchev–Trinajstić information content (AvgIpc) is 3.38. The van der Waals surface area contributed by atoms with Crippen LogP contribution in [0.25, 0.3) is 27.8 Å². The number of aromatic nitrogens is 4. The topological polar surface area (TPSA) is 67.2 Å². The molecule has 0 atom stereocenters. The minimum absolute atomic E-state index is 0.0517. The Morgan fingerprint density at radius 2 is 1.56 bits per heavy atom. The van der Waals surface area contributed by atoms with Crippen molar-refractivity contribution in [3.05, 3.63) is 102 Å². The number of piperazine rings is 1. The lowest BCUT2D eigenvalue weighted by atomic mass is 10.0. The molecule has 6 rings (SSSR count). The van der Waals surface area contributed by atoms with Gasteiger partial charge in [-0.3, -0.25) is 4.79 Å². The van der Waals surface area contributed by atoms with Gasteiger partial charge in [0.2, 0.25) is 0 Å². The number of anilines is 1. The quantitative estimate of drug-likeness (QED) is 0.348. The van der Waals surface area contributed by atoms with E-state index in [1.165, 1.54) is 0 Å². The number of fused-ring (bicyclic) bond motifs is 1. The summed E-state index contributed by atoms with van der Waals surface area (Å²) in [5.74, 6) is 0.878. The van der Waals surface area contributed by atoms with Gasteiger partial charge in [0, 0.05) is 36.8 Å². The Hall–Kier alpha value is -4.23. The van der Waals surface area contributed by atoms with Crippen LogP contribution in [0, 0.1) is 0 Å². The lowest BCUT2D eigenvalue weighted by Gasteiger charge is -2.35. The molecule has 5 aromatic rings. The van der Waals surface area contributed by atoms with E-state index in [2.05, 4.69) is 32.1 Å². The zero-order valence-corrected chi connectivity index (χ0v) is 20.2. The molecule has 0 aliphatic carbocycles. The molecule has 3 heterocycles. The van der Waals surface area contributed by atoms with Crippen molar-refractivity contribution in [1.82, 2.24) is 24.6 Å². The van der Waals surface area contributed by atoms with Gasteiger partial charge < -0.3 is 9.80 Å². The van der Waals surface area contributed by atoms with Gasteiger partial charge in [-0.2, -0.15) is 5.10 Å². The van der Waals surface area contributed by atoms with E-state index >= 15 is 0 Å². The van der Waals surface area contributed by atoms with E-state index in [9.17, 15) is 4.79 Å². The van der Waals surface area contributed by atoms with Crippen LogP contribution in [0.4, 0.5) is 5.82 Å². The van der Waals surface area contributed by atoms with Gasteiger partial charge in [0.25, 0.3) is 5.91 Å². The van der Waals surface area contributed by atoms with Crippen LogP contribution in [0.2, 0.25) is 5.02 Å². The number of carbonyl (C=O) groups excluding carboxylic acids is 1. The van der Waals surface area contributed by atoms with E-state index in [-0.39, 0.29) is 5.91 Å². The van der Waals surface area contributed by atoms with Gasteiger partial charge in [-0.05, 0) is 41.5 Å². The largest absolute Gasteiger partial charge is 0.352 e. The number of amides is 1. The van der Waals surface area contributed by atoms with Crippen molar-refractivity contribution < 1.29 is 4.79 Å². The Morgan fingerprint density at radius 3 is 2.31 bits per heavy atom. The number of carbonyl (C=O) groups is 1. The third-order valence-corrected chi connectivity index (χ3v) is 6.74. The predicted molar refractivity (Wildman–Crippen MR) is 142 cm³/mol. The molecule has 1 aliphatic rings. The maximum Gasteiger partial charge on any atom is 0.253 e. The summed E-state index contributed by atoms with van der Waals surface area (Å²) in [6.45, 7) is 2.60. The Bertz CT molecular complexity index is 1530. The standard InChI is InChI=1S/C28H23ClN6O/c29-23-7-4-8-24(17-23)35-27-25(18-32-35)26(30-19-31-27)33-13-15-34(16-14-33)28(36)22-11-9-21(10-12-22)20-5-2-1-3-6-20/h1-12,17-19H,13-16H2. The Kier molecular flexibility index (Phi) is 5.83. The molecule has 1 saturated heterocycles. The molecule has 178 valence electrons. The number of hydrogen-bond donors (Lipinski definition) is 0. The molecule has 0 radical (unpaired) electrons. The minimum atomic E-state index is 0.0517.